The molecule has 2 heteroatoms. The maximum Gasteiger partial charge on any atom is 0.0978 e. The summed E-state index contributed by atoms with van der Waals surface area (Å²) in [7, 11) is 0. The Labute approximate surface area is 91.4 Å². The van der Waals surface area contributed by atoms with E-state index in [1.165, 1.54) is 11.1 Å². The molecule has 0 aliphatic carbocycles. The minimum atomic E-state index is 0.106. The number of nitrogens with two attached hydrogens (primary N) is 1. The van der Waals surface area contributed by atoms with Gasteiger partial charge >= 0.3 is 0 Å². The zero-order chi connectivity index (χ0) is 10.7. The molecule has 1 fully saturated rings. The van der Waals surface area contributed by atoms with E-state index in [2.05, 4.69) is 31.2 Å². The minimum Gasteiger partial charge on any atom is -0.372 e. The number of rotatable bonds is 2. The molecule has 2 unspecified atom stereocenters. The van der Waals surface area contributed by atoms with Crippen molar-refractivity contribution in [1.82, 2.24) is 0 Å². The third-order valence-corrected chi connectivity index (χ3v) is 3.11. The Kier molecular flexibility index (Phi) is 3.39. The highest BCUT2D eigenvalue weighted by atomic mass is 16.5. The Morgan fingerprint density at radius 1 is 1.40 bits per heavy atom. The lowest BCUT2D eigenvalue weighted by Crippen LogP contribution is -2.34. The third-order valence-electron chi connectivity index (χ3n) is 3.11. The van der Waals surface area contributed by atoms with Gasteiger partial charge in [0.25, 0.3) is 0 Å². The lowest BCUT2D eigenvalue weighted by molar-refractivity contribution is -0.000335. The zero-order valence-corrected chi connectivity index (χ0v) is 9.28. The highest BCUT2D eigenvalue weighted by molar-refractivity contribution is 5.30. The van der Waals surface area contributed by atoms with Crippen molar-refractivity contribution in [3.8, 4) is 0 Å². The SMILES string of the molecule is CCc1ccccc1C1OCCCC1N. The number of ether oxygens (including phenoxy) is 1. The normalized spacial score (nSPS) is 26.5. The van der Waals surface area contributed by atoms with Crippen molar-refractivity contribution < 1.29 is 4.74 Å². The maximum absolute atomic E-state index is 6.11. The lowest BCUT2D eigenvalue weighted by Gasteiger charge is -2.30. The molecule has 2 N–H and O–H groups in total. The fourth-order valence-corrected chi connectivity index (χ4v) is 2.26. The summed E-state index contributed by atoms with van der Waals surface area (Å²) in [6.45, 7) is 3.02. The Morgan fingerprint density at radius 3 is 2.93 bits per heavy atom. The first kappa shape index (κ1) is 10.7. The Bertz CT molecular complexity index is 324. The number of benzene rings is 1. The van der Waals surface area contributed by atoms with Gasteiger partial charge in [0, 0.05) is 12.6 Å². The molecule has 0 saturated carbocycles. The van der Waals surface area contributed by atoms with Gasteiger partial charge in [-0.1, -0.05) is 31.2 Å². The smallest absolute Gasteiger partial charge is 0.0978 e. The first-order chi connectivity index (χ1) is 7.33. The Morgan fingerprint density at radius 2 is 2.20 bits per heavy atom. The summed E-state index contributed by atoms with van der Waals surface area (Å²) in [6, 6.07) is 8.62. The van der Waals surface area contributed by atoms with Crippen LogP contribution in [-0.2, 0) is 11.2 Å². The molecule has 1 aliphatic rings. The van der Waals surface area contributed by atoms with Crippen LogP contribution < -0.4 is 5.73 Å². The zero-order valence-electron chi connectivity index (χ0n) is 9.28. The van der Waals surface area contributed by atoms with E-state index >= 15 is 0 Å². The summed E-state index contributed by atoms with van der Waals surface area (Å²) in [5.74, 6) is 0. The van der Waals surface area contributed by atoms with Gasteiger partial charge in [-0.15, -0.1) is 0 Å². The van der Waals surface area contributed by atoms with Gasteiger partial charge in [0.05, 0.1) is 6.10 Å². The van der Waals surface area contributed by atoms with Crippen LogP contribution in [-0.4, -0.2) is 12.6 Å². The van der Waals surface area contributed by atoms with Crippen LogP contribution in [0.25, 0.3) is 0 Å². The Hall–Kier alpha value is -0.860. The van der Waals surface area contributed by atoms with E-state index in [0.717, 1.165) is 25.9 Å². The van der Waals surface area contributed by atoms with Gasteiger partial charge in [-0.2, -0.15) is 0 Å². The third kappa shape index (κ3) is 2.21. The molecule has 15 heavy (non-hydrogen) atoms. The summed E-state index contributed by atoms with van der Waals surface area (Å²) in [5.41, 5.74) is 8.76. The highest BCUT2D eigenvalue weighted by Gasteiger charge is 2.25. The first-order valence-corrected chi connectivity index (χ1v) is 5.78. The first-order valence-electron chi connectivity index (χ1n) is 5.78. The largest absolute Gasteiger partial charge is 0.372 e. The fraction of sp³-hybridized carbons (Fsp3) is 0.538. The number of hydrogen-bond acceptors (Lipinski definition) is 2. The second kappa shape index (κ2) is 4.77. The van der Waals surface area contributed by atoms with Gasteiger partial charge in [-0.05, 0) is 30.4 Å². The molecule has 0 radical (unpaired) electrons. The Balaban J connectivity index is 2.26. The molecular weight excluding hydrogens is 186 g/mol. The van der Waals surface area contributed by atoms with E-state index in [4.69, 9.17) is 10.5 Å². The van der Waals surface area contributed by atoms with Gasteiger partial charge in [0.1, 0.15) is 0 Å². The average Bonchev–Trinajstić information content (AvgIpc) is 2.30. The molecule has 1 aromatic rings. The van der Waals surface area contributed by atoms with E-state index < -0.39 is 0 Å². The summed E-state index contributed by atoms with van der Waals surface area (Å²) < 4.78 is 5.79. The standard InChI is InChI=1S/C13H19NO/c1-2-10-6-3-4-7-11(10)13-12(14)8-5-9-15-13/h3-4,6-7,12-13H,2,5,8-9,14H2,1H3. The molecule has 2 rings (SSSR count). The molecule has 1 heterocycles. The van der Waals surface area contributed by atoms with E-state index in [-0.39, 0.29) is 12.1 Å². The van der Waals surface area contributed by atoms with Crippen molar-refractivity contribution >= 4 is 0 Å². The van der Waals surface area contributed by atoms with E-state index in [0.29, 0.717) is 0 Å². The molecule has 0 aromatic heterocycles. The molecule has 0 bridgehead atoms. The molecular formula is C13H19NO. The van der Waals surface area contributed by atoms with E-state index in [1.54, 1.807) is 0 Å². The van der Waals surface area contributed by atoms with Crippen molar-refractivity contribution in [2.45, 2.75) is 38.3 Å². The van der Waals surface area contributed by atoms with E-state index in [9.17, 15) is 0 Å². The minimum absolute atomic E-state index is 0.106. The monoisotopic (exact) mass is 205 g/mol. The van der Waals surface area contributed by atoms with Crippen LogP contribution in [0.15, 0.2) is 24.3 Å². The summed E-state index contributed by atoms with van der Waals surface area (Å²) >= 11 is 0. The highest BCUT2D eigenvalue weighted by Crippen LogP contribution is 2.29. The molecule has 2 atom stereocenters. The topological polar surface area (TPSA) is 35.2 Å². The molecule has 0 amide bonds. The van der Waals surface area contributed by atoms with Crippen molar-refractivity contribution in [2.24, 2.45) is 5.73 Å². The fourth-order valence-electron chi connectivity index (χ4n) is 2.26. The van der Waals surface area contributed by atoms with Gasteiger partial charge in [-0.25, -0.2) is 0 Å². The van der Waals surface area contributed by atoms with Crippen LogP contribution in [0.3, 0.4) is 0 Å². The maximum atomic E-state index is 6.11. The van der Waals surface area contributed by atoms with Crippen LogP contribution in [0, 0.1) is 0 Å². The molecule has 82 valence electrons. The van der Waals surface area contributed by atoms with Crippen molar-refractivity contribution in [3.05, 3.63) is 35.4 Å². The average molecular weight is 205 g/mol. The van der Waals surface area contributed by atoms with E-state index in [1.807, 2.05) is 0 Å². The second-order valence-corrected chi connectivity index (χ2v) is 4.15. The summed E-state index contributed by atoms with van der Waals surface area (Å²) in [6.07, 6.45) is 3.31. The second-order valence-electron chi connectivity index (χ2n) is 4.15. The van der Waals surface area contributed by atoms with Crippen molar-refractivity contribution in [2.75, 3.05) is 6.61 Å². The van der Waals surface area contributed by atoms with Crippen LogP contribution in [0.2, 0.25) is 0 Å². The van der Waals surface area contributed by atoms with Crippen LogP contribution >= 0.6 is 0 Å². The number of aryl methyl sites for hydroxylation is 1. The predicted octanol–water partition coefficient (Wildman–Crippen LogP) is 2.43. The summed E-state index contributed by atoms with van der Waals surface area (Å²) in [4.78, 5) is 0. The number of hydrogen-bond donors (Lipinski definition) is 1. The predicted molar refractivity (Wildman–Crippen MR) is 61.7 cm³/mol. The molecule has 2 nitrogen and oxygen atoms in total. The molecule has 1 aliphatic heterocycles. The van der Waals surface area contributed by atoms with Crippen LogP contribution in [0.5, 0.6) is 0 Å². The lowest BCUT2D eigenvalue weighted by atomic mass is 9.92. The quantitative estimate of drug-likeness (QED) is 0.804. The summed E-state index contributed by atoms with van der Waals surface area (Å²) in [5, 5.41) is 0. The molecule has 1 saturated heterocycles. The van der Waals surface area contributed by atoms with Crippen molar-refractivity contribution in [3.63, 3.8) is 0 Å². The van der Waals surface area contributed by atoms with Gasteiger partial charge in [-0.3, -0.25) is 0 Å². The van der Waals surface area contributed by atoms with Crippen molar-refractivity contribution in [1.29, 1.82) is 0 Å². The van der Waals surface area contributed by atoms with Crippen LogP contribution in [0.1, 0.15) is 37.0 Å². The van der Waals surface area contributed by atoms with Gasteiger partial charge in [0.15, 0.2) is 0 Å². The molecule has 0 spiro atoms. The van der Waals surface area contributed by atoms with Gasteiger partial charge in [0.2, 0.25) is 0 Å². The molecule has 1 aromatic carbocycles. The van der Waals surface area contributed by atoms with Gasteiger partial charge < -0.3 is 10.5 Å². The van der Waals surface area contributed by atoms with Crippen LogP contribution in [0.4, 0.5) is 0 Å².